The lowest BCUT2D eigenvalue weighted by Crippen LogP contribution is -2.55. The van der Waals surface area contributed by atoms with E-state index in [9.17, 15) is 4.79 Å². The van der Waals surface area contributed by atoms with Crippen LogP contribution in [-0.2, 0) is 17.8 Å². The van der Waals surface area contributed by atoms with Gasteiger partial charge in [-0.3, -0.25) is 9.69 Å². The molecule has 17 heavy (non-hydrogen) atoms. The van der Waals surface area contributed by atoms with Gasteiger partial charge in [0.1, 0.15) is 0 Å². The van der Waals surface area contributed by atoms with Crippen molar-refractivity contribution >= 4 is 5.97 Å². The molecule has 1 aromatic carbocycles. The molecule has 1 saturated heterocycles. The highest BCUT2D eigenvalue weighted by Crippen LogP contribution is 2.14. The van der Waals surface area contributed by atoms with E-state index < -0.39 is 5.97 Å². The van der Waals surface area contributed by atoms with Crippen LogP contribution >= 0.6 is 0 Å². The monoisotopic (exact) mass is 234 g/mol. The van der Waals surface area contributed by atoms with Gasteiger partial charge in [-0.25, -0.2) is 0 Å². The van der Waals surface area contributed by atoms with E-state index in [2.05, 4.69) is 17.3 Å². The molecule has 0 aromatic heterocycles. The van der Waals surface area contributed by atoms with E-state index >= 15 is 0 Å². The number of aliphatic carboxylic acids is 1. The average molecular weight is 234 g/mol. The fourth-order valence-electron chi connectivity index (χ4n) is 2.03. The summed E-state index contributed by atoms with van der Waals surface area (Å²) in [6, 6.07) is 8.35. The molecule has 4 nitrogen and oxygen atoms in total. The molecule has 0 radical (unpaired) electrons. The van der Waals surface area contributed by atoms with Crippen LogP contribution in [0.4, 0.5) is 0 Å². The van der Waals surface area contributed by atoms with Gasteiger partial charge in [0.05, 0.1) is 6.42 Å². The van der Waals surface area contributed by atoms with E-state index in [1.165, 1.54) is 0 Å². The maximum Gasteiger partial charge on any atom is 0.307 e. The van der Waals surface area contributed by atoms with Gasteiger partial charge in [-0.1, -0.05) is 24.3 Å². The second-order valence-corrected chi connectivity index (χ2v) is 4.57. The highest BCUT2D eigenvalue weighted by Gasteiger charge is 2.21. The van der Waals surface area contributed by atoms with Crippen LogP contribution in [0.2, 0.25) is 0 Å². The molecule has 0 aliphatic carbocycles. The number of carbonyl (C=O) groups is 1. The van der Waals surface area contributed by atoms with Crippen molar-refractivity contribution in [2.75, 3.05) is 20.1 Å². The molecule has 92 valence electrons. The zero-order valence-corrected chi connectivity index (χ0v) is 10.0. The molecule has 0 amide bonds. The summed E-state index contributed by atoms with van der Waals surface area (Å²) in [6.07, 6.45) is 0.104. The molecule has 1 aromatic rings. The first kappa shape index (κ1) is 12.1. The van der Waals surface area contributed by atoms with Crippen molar-refractivity contribution in [2.45, 2.75) is 19.0 Å². The Bertz CT molecular complexity index is 402. The van der Waals surface area contributed by atoms with Crippen molar-refractivity contribution in [3.8, 4) is 0 Å². The summed E-state index contributed by atoms with van der Waals surface area (Å²) in [6.45, 7) is 2.87. The molecule has 0 bridgehead atoms. The number of carboxylic acids is 1. The number of likely N-dealkylation sites (N-methyl/N-ethyl adjacent to an activating group) is 1. The van der Waals surface area contributed by atoms with Gasteiger partial charge in [0.25, 0.3) is 0 Å². The third kappa shape index (κ3) is 3.05. The third-order valence-electron chi connectivity index (χ3n) is 3.26. The molecule has 0 unspecified atom stereocenters. The first-order valence-electron chi connectivity index (χ1n) is 5.86. The van der Waals surface area contributed by atoms with Crippen LogP contribution in [0.1, 0.15) is 11.1 Å². The number of nitrogens with one attached hydrogen (secondary N) is 1. The largest absolute Gasteiger partial charge is 0.481 e. The second kappa shape index (κ2) is 5.29. The van der Waals surface area contributed by atoms with Crippen LogP contribution in [0, 0.1) is 0 Å². The van der Waals surface area contributed by atoms with Gasteiger partial charge in [-0.2, -0.15) is 0 Å². The van der Waals surface area contributed by atoms with Crippen molar-refractivity contribution in [3.05, 3.63) is 35.4 Å². The Hall–Kier alpha value is -1.39. The molecule has 2 N–H and O–H groups in total. The molecule has 0 saturated carbocycles. The Labute approximate surface area is 101 Å². The van der Waals surface area contributed by atoms with Gasteiger partial charge in [0, 0.05) is 25.7 Å². The highest BCUT2D eigenvalue weighted by atomic mass is 16.4. The lowest BCUT2D eigenvalue weighted by molar-refractivity contribution is -0.136. The number of hydrogen-bond donors (Lipinski definition) is 2. The first-order valence-corrected chi connectivity index (χ1v) is 5.86. The van der Waals surface area contributed by atoms with Gasteiger partial charge in [0.2, 0.25) is 0 Å². The molecule has 4 heteroatoms. The quantitative estimate of drug-likeness (QED) is 0.788. The number of hydrogen-bond acceptors (Lipinski definition) is 3. The SMILES string of the molecule is CN(Cc1ccccc1CC(=O)O)C1CNC1. The van der Waals surface area contributed by atoms with Gasteiger partial charge >= 0.3 is 5.97 Å². The van der Waals surface area contributed by atoms with E-state index in [-0.39, 0.29) is 6.42 Å². The summed E-state index contributed by atoms with van der Waals surface area (Å²) >= 11 is 0. The minimum absolute atomic E-state index is 0.104. The summed E-state index contributed by atoms with van der Waals surface area (Å²) in [5.74, 6) is -0.773. The van der Waals surface area contributed by atoms with E-state index in [1.807, 2.05) is 24.3 Å². The summed E-state index contributed by atoms with van der Waals surface area (Å²) in [7, 11) is 2.09. The van der Waals surface area contributed by atoms with Gasteiger partial charge in [-0.05, 0) is 18.2 Å². The summed E-state index contributed by atoms with van der Waals surface area (Å²) in [5, 5.41) is 12.1. The van der Waals surface area contributed by atoms with Crippen molar-refractivity contribution in [3.63, 3.8) is 0 Å². The number of nitrogens with zero attached hydrogens (tertiary/aromatic N) is 1. The minimum atomic E-state index is -0.773. The Morgan fingerprint density at radius 3 is 2.59 bits per heavy atom. The molecular weight excluding hydrogens is 216 g/mol. The van der Waals surface area contributed by atoms with E-state index in [0.717, 1.165) is 30.8 Å². The lowest BCUT2D eigenvalue weighted by Gasteiger charge is -2.36. The normalized spacial score (nSPS) is 15.9. The van der Waals surface area contributed by atoms with Crippen LogP contribution in [0.3, 0.4) is 0 Å². The zero-order chi connectivity index (χ0) is 12.3. The maximum atomic E-state index is 10.8. The van der Waals surface area contributed by atoms with Crippen LogP contribution in [-0.4, -0.2) is 42.2 Å². The maximum absolute atomic E-state index is 10.8. The molecule has 1 aliphatic rings. The topological polar surface area (TPSA) is 52.6 Å². The Balaban J connectivity index is 2.05. The van der Waals surface area contributed by atoms with E-state index in [1.54, 1.807) is 0 Å². The van der Waals surface area contributed by atoms with Crippen molar-refractivity contribution < 1.29 is 9.90 Å². The van der Waals surface area contributed by atoms with Crippen LogP contribution in [0.15, 0.2) is 24.3 Å². The second-order valence-electron chi connectivity index (χ2n) is 4.57. The van der Waals surface area contributed by atoms with Crippen LogP contribution in [0.5, 0.6) is 0 Å². The number of rotatable bonds is 5. The average Bonchev–Trinajstić information content (AvgIpc) is 2.17. The lowest BCUT2D eigenvalue weighted by atomic mass is 10.0. The predicted molar refractivity (Wildman–Crippen MR) is 65.9 cm³/mol. The van der Waals surface area contributed by atoms with E-state index in [0.29, 0.717) is 6.04 Å². The van der Waals surface area contributed by atoms with Crippen molar-refractivity contribution in [1.29, 1.82) is 0 Å². The molecule has 1 heterocycles. The van der Waals surface area contributed by atoms with Crippen LogP contribution in [0.25, 0.3) is 0 Å². The van der Waals surface area contributed by atoms with E-state index in [4.69, 9.17) is 5.11 Å². The third-order valence-corrected chi connectivity index (χ3v) is 3.26. The molecule has 1 fully saturated rings. The summed E-state index contributed by atoms with van der Waals surface area (Å²) in [4.78, 5) is 13.1. The number of benzene rings is 1. The van der Waals surface area contributed by atoms with Crippen LogP contribution < -0.4 is 5.32 Å². The van der Waals surface area contributed by atoms with Gasteiger partial charge in [0.15, 0.2) is 0 Å². The Kier molecular flexibility index (Phi) is 3.76. The summed E-state index contributed by atoms with van der Waals surface area (Å²) < 4.78 is 0. The summed E-state index contributed by atoms with van der Waals surface area (Å²) in [5.41, 5.74) is 2.03. The van der Waals surface area contributed by atoms with Crippen molar-refractivity contribution in [1.82, 2.24) is 10.2 Å². The number of carboxylic acid groups (broad SMARTS) is 1. The molecule has 0 spiro atoms. The minimum Gasteiger partial charge on any atom is -0.481 e. The smallest absolute Gasteiger partial charge is 0.307 e. The Morgan fingerprint density at radius 2 is 2.06 bits per heavy atom. The fraction of sp³-hybridized carbons (Fsp3) is 0.462. The Morgan fingerprint density at radius 1 is 1.41 bits per heavy atom. The van der Waals surface area contributed by atoms with Gasteiger partial charge in [-0.15, -0.1) is 0 Å². The molecule has 2 rings (SSSR count). The zero-order valence-electron chi connectivity index (χ0n) is 10.0. The predicted octanol–water partition coefficient (Wildman–Crippen LogP) is 0.717. The first-order chi connectivity index (χ1) is 8.16. The molecular formula is C13H18N2O2. The standard InChI is InChI=1S/C13H18N2O2/c1-15(12-7-14-8-12)9-11-5-3-2-4-10(11)6-13(16)17/h2-5,12,14H,6-9H2,1H3,(H,16,17). The molecule has 0 atom stereocenters. The van der Waals surface area contributed by atoms with Crippen molar-refractivity contribution in [2.24, 2.45) is 0 Å². The van der Waals surface area contributed by atoms with Gasteiger partial charge < -0.3 is 10.4 Å². The molecule has 1 aliphatic heterocycles. The fourth-order valence-corrected chi connectivity index (χ4v) is 2.03. The highest BCUT2D eigenvalue weighted by molar-refractivity contribution is 5.70.